The summed E-state index contributed by atoms with van der Waals surface area (Å²) in [6.45, 7) is 4.43. The van der Waals surface area contributed by atoms with Gasteiger partial charge in [-0.1, -0.05) is 37.3 Å². The number of phenols is 1. The van der Waals surface area contributed by atoms with Crippen molar-refractivity contribution >= 4 is 11.1 Å². The highest BCUT2D eigenvalue weighted by molar-refractivity contribution is 5.92. The molecule has 1 aliphatic rings. The van der Waals surface area contributed by atoms with Gasteiger partial charge in [0, 0.05) is 13.0 Å². The van der Waals surface area contributed by atoms with Crippen molar-refractivity contribution in [2.75, 3.05) is 26.8 Å². The summed E-state index contributed by atoms with van der Waals surface area (Å²) in [5, 5.41) is 12.8. The molecule has 0 spiro atoms. The van der Waals surface area contributed by atoms with E-state index in [1.807, 2.05) is 31.3 Å². The number of hydrogen-bond acceptors (Lipinski definition) is 4. The van der Waals surface area contributed by atoms with Crippen LogP contribution in [-0.4, -0.2) is 31.9 Å². The number of aromatic hydroxyl groups is 1. The molecule has 2 N–H and O–H groups in total. The maximum absolute atomic E-state index is 9.71. The summed E-state index contributed by atoms with van der Waals surface area (Å²) in [4.78, 5) is 0. The van der Waals surface area contributed by atoms with Crippen LogP contribution in [0.25, 0.3) is 11.1 Å². The first-order valence-corrected chi connectivity index (χ1v) is 11.3. The minimum Gasteiger partial charge on any atom is -0.508 e. The molecule has 0 radical (unpaired) electrons. The smallest absolute Gasteiger partial charge is 0.122 e. The Morgan fingerprint density at radius 1 is 0.969 bits per heavy atom. The number of fused-ring (bicyclic) bond motifs is 1. The Hall–Kier alpha value is -3.24. The molecule has 32 heavy (non-hydrogen) atoms. The van der Waals surface area contributed by atoms with E-state index in [0.717, 1.165) is 43.9 Å². The maximum atomic E-state index is 9.71. The molecule has 0 amide bonds. The van der Waals surface area contributed by atoms with Crippen LogP contribution in [0.1, 0.15) is 35.6 Å². The lowest BCUT2D eigenvalue weighted by Crippen LogP contribution is -2.15. The van der Waals surface area contributed by atoms with E-state index in [4.69, 9.17) is 9.47 Å². The van der Waals surface area contributed by atoms with E-state index in [1.165, 1.54) is 33.4 Å². The zero-order valence-electron chi connectivity index (χ0n) is 18.9. The van der Waals surface area contributed by atoms with Crippen LogP contribution in [0.5, 0.6) is 17.2 Å². The summed E-state index contributed by atoms with van der Waals surface area (Å²) in [6, 6.07) is 22.5. The largest absolute Gasteiger partial charge is 0.508 e. The van der Waals surface area contributed by atoms with Crippen molar-refractivity contribution < 1.29 is 14.6 Å². The first kappa shape index (κ1) is 22.0. The molecule has 166 valence electrons. The highest BCUT2D eigenvalue weighted by Crippen LogP contribution is 2.36. The van der Waals surface area contributed by atoms with E-state index >= 15 is 0 Å². The quantitative estimate of drug-likeness (QED) is 0.349. The highest BCUT2D eigenvalue weighted by atomic mass is 16.5. The number of allylic oxidation sites excluding steroid dienone is 2. The Morgan fingerprint density at radius 3 is 2.44 bits per heavy atom. The molecule has 4 rings (SSSR count). The fourth-order valence-electron chi connectivity index (χ4n) is 4.19. The average molecular weight is 430 g/mol. The zero-order valence-corrected chi connectivity index (χ0v) is 18.9. The molecule has 0 aliphatic carbocycles. The first-order valence-electron chi connectivity index (χ1n) is 11.3. The van der Waals surface area contributed by atoms with Gasteiger partial charge in [0.25, 0.3) is 0 Å². The van der Waals surface area contributed by atoms with Gasteiger partial charge in [-0.25, -0.2) is 0 Å². The second-order valence-electron chi connectivity index (χ2n) is 8.05. The molecule has 3 aromatic carbocycles. The summed E-state index contributed by atoms with van der Waals surface area (Å²) in [5.74, 6) is 2.17. The fourth-order valence-corrected chi connectivity index (χ4v) is 4.19. The van der Waals surface area contributed by atoms with Gasteiger partial charge in [-0.05, 0) is 89.7 Å². The van der Waals surface area contributed by atoms with Crippen molar-refractivity contribution in [2.24, 2.45) is 0 Å². The van der Waals surface area contributed by atoms with Crippen molar-refractivity contribution in [1.29, 1.82) is 0 Å². The summed E-state index contributed by atoms with van der Waals surface area (Å²) >= 11 is 0. The number of benzene rings is 3. The Bertz CT molecular complexity index is 1070. The highest BCUT2D eigenvalue weighted by Gasteiger charge is 2.16. The monoisotopic (exact) mass is 429 g/mol. The minimum atomic E-state index is 0.289. The lowest BCUT2D eigenvalue weighted by Gasteiger charge is -2.17. The summed E-state index contributed by atoms with van der Waals surface area (Å²) in [7, 11) is 1.92. The molecule has 0 bridgehead atoms. The van der Waals surface area contributed by atoms with Crippen molar-refractivity contribution in [3.8, 4) is 17.2 Å². The van der Waals surface area contributed by atoms with Crippen molar-refractivity contribution in [3.63, 3.8) is 0 Å². The summed E-state index contributed by atoms with van der Waals surface area (Å²) in [6.07, 6.45) is 2.68. The van der Waals surface area contributed by atoms with E-state index < -0.39 is 0 Å². The molecule has 4 heteroatoms. The van der Waals surface area contributed by atoms with Crippen molar-refractivity contribution in [1.82, 2.24) is 5.32 Å². The molecule has 0 aromatic heterocycles. The van der Waals surface area contributed by atoms with E-state index in [0.29, 0.717) is 6.61 Å². The lowest BCUT2D eigenvalue weighted by molar-refractivity contribution is 0.318. The minimum absolute atomic E-state index is 0.289. The van der Waals surface area contributed by atoms with Gasteiger partial charge in [0.05, 0.1) is 6.61 Å². The van der Waals surface area contributed by atoms with Gasteiger partial charge in [-0.3, -0.25) is 0 Å². The van der Waals surface area contributed by atoms with E-state index in [9.17, 15) is 5.11 Å². The fraction of sp³-hybridized carbons (Fsp3) is 0.286. The Labute approximate surface area is 190 Å². The standard InChI is InChI=1S/C28H31NO3/c1-3-26(22-8-13-28-23(19-22)14-16-32-28)27(18-20-4-9-24(30)10-5-20)21-6-11-25(12-7-21)31-17-15-29-2/h4-13,19,29-30H,3,14-18H2,1-2H3. The van der Waals surface area contributed by atoms with Crippen LogP contribution in [0.4, 0.5) is 0 Å². The first-order chi connectivity index (χ1) is 15.7. The van der Waals surface area contributed by atoms with E-state index in [2.05, 4.69) is 42.6 Å². The number of likely N-dealkylation sites (N-methyl/N-ethyl adjacent to an activating group) is 1. The molecule has 1 aliphatic heterocycles. The van der Waals surface area contributed by atoms with Crippen molar-refractivity contribution in [2.45, 2.75) is 26.2 Å². The molecule has 4 nitrogen and oxygen atoms in total. The van der Waals surface area contributed by atoms with Crippen LogP contribution in [0.15, 0.2) is 66.7 Å². The predicted octanol–water partition coefficient (Wildman–Crippen LogP) is 5.49. The van der Waals surface area contributed by atoms with Crippen LogP contribution in [-0.2, 0) is 12.8 Å². The SMILES string of the molecule is CCC(=C(Cc1ccc(O)cc1)c1ccc(OCCNC)cc1)c1ccc2c(c1)CCO2. The van der Waals surface area contributed by atoms with Gasteiger partial charge in [0.15, 0.2) is 0 Å². The number of rotatable bonds is 9. The molecule has 0 saturated heterocycles. The molecule has 0 fully saturated rings. The normalized spacial score (nSPS) is 13.3. The molecule has 0 saturated carbocycles. The van der Waals surface area contributed by atoms with Gasteiger partial charge in [-0.15, -0.1) is 0 Å². The van der Waals surface area contributed by atoms with Crippen LogP contribution in [0, 0.1) is 0 Å². The molecular formula is C28H31NO3. The van der Waals surface area contributed by atoms with E-state index in [-0.39, 0.29) is 5.75 Å². The summed E-state index contributed by atoms with van der Waals surface area (Å²) < 4.78 is 11.5. The third-order valence-corrected chi connectivity index (χ3v) is 5.90. The summed E-state index contributed by atoms with van der Waals surface area (Å²) in [5.41, 5.74) is 7.51. The third-order valence-electron chi connectivity index (χ3n) is 5.90. The topological polar surface area (TPSA) is 50.7 Å². The second-order valence-corrected chi connectivity index (χ2v) is 8.05. The zero-order chi connectivity index (χ0) is 22.3. The Morgan fingerprint density at radius 2 is 1.72 bits per heavy atom. The van der Waals surface area contributed by atoms with Crippen LogP contribution in [0.3, 0.4) is 0 Å². The average Bonchev–Trinajstić information content (AvgIpc) is 3.29. The molecule has 0 unspecified atom stereocenters. The molecule has 3 aromatic rings. The maximum Gasteiger partial charge on any atom is 0.122 e. The van der Waals surface area contributed by atoms with Crippen LogP contribution < -0.4 is 14.8 Å². The number of nitrogens with one attached hydrogen (secondary N) is 1. The molecule has 1 heterocycles. The lowest BCUT2D eigenvalue weighted by atomic mass is 9.88. The second kappa shape index (κ2) is 10.4. The van der Waals surface area contributed by atoms with Crippen LogP contribution in [0.2, 0.25) is 0 Å². The molecule has 0 atom stereocenters. The van der Waals surface area contributed by atoms with Crippen molar-refractivity contribution in [3.05, 3.63) is 89.0 Å². The van der Waals surface area contributed by atoms with Gasteiger partial charge in [0.2, 0.25) is 0 Å². The van der Waals surface area contributed by atoms with Gasteiger partial charge in [-0.2, -0.15) is 0 Å². The number of ether oxygens (including phenoxy) is 2. The van der Waals surface area contributed by atoms with Crippen LogP contribution >= 0.6 is 0 Å². The molecular weight excluding hydrogens is 398 g/mol. The number of phenolic OH excluding ortho intramolecular Hbond substituents is 1. The van der Waals surface area contributed by atoms with Gasteiger partial charge in [0.1, 0.15) is 23.9 Å². The van der Waals surface area contributed by atoms with Gasteiger partial charge < -0.3 is 19.9 Å². The van der Waals surface area contributed by atoms with Gasteiger partial charge >= 0.3 is 0 Å². The third kappa shape index (κ3) is 5.14. The number of hydrogen-bond donors (Lipinski definition) is 2. The Kier molecular flexibility index (Phi) is 7.13. The van der Waals surface area contributed by atoms with E-state index in [1.54, 1.807) is 12.1 Å². The predicted molar refractivity (Wildman–Crippen MR) is 130 cm³/mol. The Balaban J connectivity index is 1.73.